The number of hydrogen-bond acceptors (Lipinski definition) is 5. The van der Waals surface area contributed by atoms with Gasteiger partial charge in [-0.2, -0.15) is 5.06 Å². The average molecular weight is 339 g/mol. The van der Waals surface area contributed by atoms with E-state index in [1.165, 1.54) is 7.11 Å². The van der Waals surface area contributed by atoms with Gasteiger partial charge in [0.1, 0.15) is 18.5 Å². The van der Waals surface area contributed by atoms with E-state index in [9.17, 15) is 4.79 Å². The zero-order chi connectivity index (χ0) is 17.6. The summed E-state index contributed by atoms with van der Waals surface area (Å²) < 4.78 is 11.2. The highest BCUT2D eigenvalue weighted by atomic mass is 16.7. The first-order chi connectivity index (χ1) is 12.1. The van der Waals surface area contributed by atoms with Gasteiger partial charge in [-0.3, -0.25) is 9.63 Å². The third-order valence-corrected chi connectivity index (χ3v) is 5.31. The second kappa shape index (κ2) is 5.86. The molecule has 0 saturated carbocycles. The fourth-order valence-electron chi connectivity index (χ4n) is 4.13. The minimum absolute atomic E-state index is 0.213. The number of para-hydroxylation sites is 1. The molecule has 2 heterocycles. The van der Waals surface area contributed by atoms with Crippen LogP contribution in [0.5, 0.6) is 5.75 Å². The van der Waals surface area contributed by atoms with E-state index < -0.39 is 11.5 Å². The summed E-state index contributed by atoms with van der Waals surface area (Å²) in [4.78, 5) is 19.2. The molecule has 4 rings (SSSR count). The molecule has 2 aromatic rings. The van der Waals surface area contributed by atoms with Gasteiger partial charge in [0.05, 0.1) is 13.2 Å². The Balaban J connectivity index is 1.92. The first-order valence-electron chi connectivity index (χ1n) is 8.35. The lowest BCUT2D eigenvalue weighted by Crippen LogP contribution is -2.48. The number of methoxy groups -OCH3 is 1. The van der Waals surface area contributed by atoms with Crippen molar-refractivity contribution in [2.45, 2.75) is 19.1 Å². The number of carbonyl (C=O) groups is 1. The minimum atomic E-state index is -0.954. The summed E-state index contributed by atoms with van der Waals surface area (Å²) in [5.74, 6) is 0.470. The third kappa shape index (κ3) is 2.19. The van der Waals surface area contributed by atoms with E-state index in [1.807, 2.05) is 62.5 Å². The monoisotopic (exact) mass is 339 g/mol. The summed E-state index contributed by atoms with van der Waals surface area (Å²) in [6, 6.07) is 15.5. The lowest BCUT2D eigenvalue weighted by atomic mass is 9.70. The van der Waals surface area contributed by atoms with Crippen molar-refractivity contribution < 1.29 is 19.1 Å². The van der Waals surface area contributed by atoms with Crippen LogP contribution in [0.2, 0.25) is 0 Å². The van der Waals surface area contributed by atoms with Crippen LogP contribution in [-0.4, -0.2) is 31.8 Å². The molecule has 130 valence electrons. The fraction of sp³-hybridized carbons (Fsp3) is 0.350. The van der Waals surface area contributed by atoms with Crippen LogP contribution in [-0.2, 0) is 14.4 Å². The van der Waals surface area contributed by atoms with E-state index in [2.05, 4.69) is 0 Å². The van der Waals surface area contributed by atoms with Crippen LogP contribution >= 0.6 is 0 Å². The summed E-state index contributed by atoms with van der Waals surface area (Å²) in [6.07, 6.45) is -0.468. The van der Waals surface area contributed by atoms with E-state index in [1.54, 1.807) is 5.06 Å². The second-order valence-corrected chi connectivity index (χ2v) is 6.65. The van der Waals surface area contributed by atoms with Gasteiger partial charge >= 0.3 is 5.97 Å². The molecule has 2 aliphatic rings. The van der Waals surface area contributed by atoms with Crippen LogP contribution in [0, 0.1) is 12.3 Å². The van der Waals surface area contributed by atoms with E-state index in [-0.39, 0.29) is 18.6 Å². The third-order valence-electron chi connectivity index (χ3n) is 5.31. The molecule has 0 unspecified atom stereocenters. The number of fused-ring (bicyclic) bond motifs is 3. The summed E-state index contributed by atoms with van der Waals surface area (Å²) >= 11 is 0. The molecule has 0 aromatic heterocycles. The average Bonchev–Trinajstić information content (AvgIpc) is 2.95. The number of benzene rings is 2. The maximum atomic E-state index is 13.0. The van der Waals surface area contributed by atoms with E-state index >= 15 is 0 Å². The minimum Gasteiger partial charge on any atom is -0.492 e. The van der Waals surface area contributed by atoms with Crippen molar-refractivity contribution in [3.8, 4) is 5.75 Å². The van der Waals surface area contributed by atoms with Crippen molar-refractivity contribution >= 4 is 5.97 Å². The molecule has 5 nitrogen and oxygen atoms in total. The van der Waals surface area contributed by atoms with E-state index in [4.69, 9.17) is 14.3 Å². The standard InChI is InChI=1S/C20H21NO4/c1-13-8-4-5-9-14(13)18-20(19(22)23-3)12-24-16-11-7-6-10-15(16)17(20)21(2)25-18/h4-11,17-18H,12H2,1-3H3/t17-,18+,20-/m1/s1. The Morgan fingerprint density at radius 1 is 1.16 bits per heavy atom. The Morgan fingerprint density at radius 3 is 2.56 bits per heavy atom. The van der Waals surface area contributed by atoms with Gasteiger partial charge in [0.25, 0.3) is 0 Å². The fourth-order valence-corrected chi connectivity index (χ4v) is 4.13. The molecule has 0 N–H and O–H groups in total. The van der Waals surface area contributed by atoms with Crippen LogP contribution in [0.25, 0.3) is 0 Å². The SMILES string of the molecule is COC(=O)[C@]12COc3ccccc3[C@H]1N(C)O[C@H]2c1ccccc1C. The number of carbonyl (C=O) groups excluding carboxylic acids is 1. The van der Waals surface area contributed by atoms with Gasteiger partial charge in [-0.25, -0.2) is 0 Å². The first-order valence-corrected chi connectivity index (χ1v) is 8.35. The zero-order valence-corrected chi connectivity index (χ0v) is 14.6. The van der Waals surface area contributed by atoms with Gasteiger partial charge < -0.3 is 9.47 Å². The van der Waals surface area contributed by atoms with Crippen molar-refractivity contribution in [2.75, 3.05) is 20.8 Å². The van der Waals surface area contributed by atoms with Crippen LogP contribution in [0.4, 0.5) is 0 Å². The normalized spacial score (nSPS) is 28.0. The van der Waals surface area contributed by atoms with Gasteiger partial charge in [-0.05, 0) is 24.1 Å². The highest BCUT2D eigenvalue weighted by Gasteiger charge is 2.64. The second-order valence-electron chi connectivity index (χ2n) is 6.65. The Kier molecular flexibility index (Phi) is 3.78. The smallest absolute Gasteiger partial charge is 0.320 e. The molecule has 0 radical (unpaired) electrons. The number of ether oxygens (including phenoxy) is 2. The van der Waals surface area contributed by atoms with Crippen LogP contribution in [0.15, 0.2) is 48.5 Å². The molecule has 0 aliphatic carbocycles. The molecule has 5 heteroatoms. The summed E-state index contributed by atoms with van der Waals surface area (Å²) in [5.41, 5.74) is 2.04. The predicted molar refractivity (Wildman–Crippen MR) is 91.9 cm³/mol. The molecule has 2 aromatic carbocycles. The zero-order valence-electron chi connectivity index (χ0n) is 14.6. The quantitative estimate of drug-likeness (QED) is 0.787. The molecular formula is C20H21NO4. The Hall–Kier alpha value is -2.37. The van der Waals surface area contributed by atoms with Crippen molar-refractivity contribution in [1.82, 2.24) is 5.06 Å². The summed E-state index contributed by atoms with van der Waals surface area (Å²) in [6.45, 7) is 2.24. The van der Waals surface area contributed by atoms with Gasteiger partial charge in [0.2, 0.25) is 0 Å². The molecule has 0 amide bonds. The van der Waals surface area contributed by atoms with Crippen LogP contribution in [0.3, 0.4) is 0 Å². The number of rotatable bonds is 2. The summed E-state index contributed by atoms with van der Waals surface area (Å²) in [7, 11) is 3.28. The van der Waals surface area contributed by atoms with Gasteiger partial charge in [0, 0.05) is 12.6 Å². The maximum absolute atomic E-state index is 13.0. The highest BCUT2D eigenvalue weighted by molar-refractivity contribution is 5.81. The molecular weight excluding hydrogens is 318 g/mol. The lowest BCUT2D eigenvalue weighted by Gasteiger charge is -2.39. The molecule has 1 saturated heterocycles. The molecule has 0 bridgehead atoms. The summed E-state index contributed by atoms with van der Waals surface area (Å²) in [5, 5.41) is 1.77. The molecule has 0 spiro atoms. The number of esters is 1. The van der Waals surface area contributed by atoms with E-state index in [0.717, 1.165) is 22.4 Å². The molecule has 3 atom stereocenters. The van der Waals surface area contributed by atoms with Crippen molar-refractivity contribution in [3.63, 3.8) is 0 Å². The van der Waals surface area contributed by atoms with Crippen molar-refractivity contribution in [1.29, 1.82) is 0 Å². The van der Waals surface area contributed by atoms with Crippen molar-refractivity contribution in [2.24, 2.45) is 5.41 Å². The van der Waals surface area contributed by atoms with Crippen LogP contribution < -0.4 is 4.74 Å². The lowest BCUT2D eigenvalue weighted by molar-refractivity contribution is -0.163. The van der Waals surface area contributed by atoms with Gasteiger partial charge in [-0.15, -0.1) is 0 Å². The molecule has 2 aliphatic heterocycles. The molecule has 1 fully saturated rings. The maximum Gasteiger partial charge on any atom is 0.320 e. The Labute approximate surface area is 147 Å². The number of hydroxylamine groups is 2. The van der Waals surface area contributed by atoms with E-state index in [0.29, 0.717) is 0 Å². The number of nitrogens with zero attached hydrogens (tertiary/aromatic N) is 1. The van der Waals surface area contributed by atoms with Crippen LogP contribution in [0.1, 0.15) is 28.8 Å². The molecule has 25 heavy (non-hydrogen) atoms. The number of aryl methyl sites for hydroxylation is 1. The Bertz CT molecular complexity index is 821. The van der Waals surface area contributed by atoms with Crippen molar-refractivity contribution in [3.05, 3.63) is 65.2 Å². The Morgan fingerprint density at radius 2 is 1.84 bits per heavy atom. The number of hydrogen-bond donors (Lipinski definition) is 0. The highest BCUT2D eigenvalue weighted by Crippen LogP contribution is 2.59. The largest absolute Gasteiger partial charge is 0.492 e. The van der Waals surface area contributed by atoms with Gasteiger partial charge in [0.15, 0.2) is 5.41 Å². The predicted octanol–water partition coefficient (Wildman–Crippen LogP) is 3.21. The topological polar surface area (TPSA) is 48.0 Å². The first kappa shape index (κ1) is 16.1. The van der Waals surface area contributed by atoms with Gasteiger partial charge in [-0.1, -0.05) is 42.5 Å².